The number of urea groups is 1. The molecule has 1 N–H and O–H groups in total. The zero-order valence-corrected chi connectivity index (χ0v) is 17.4. The Morgan fingerprint density at radius 3 is 2.66 bits per heavy atom. The van der Waals surface area contributed by atoms with E-state index >= 15 is 0 Å². The van der Waals surface area contributed by atoms with Crippen LogP contribution in [0.2, 0.25) is 0 Å². The van der Waals surface area contributed by atoms with Gasteiger partial charge in [-0.3, -0.25) is 9.69 Å². The minimum Gasteiger partial charge on any atom is -0.493 e. The predicted molar refractivity (Wildman–Crippen MR) is 110 cm³/mol. The highest BCUT2D eigenvalue weighted by Crippen LogP contribution is 2.36. The molecule has 4 rings (SSSR count). The van der Waals surface area contributed by atoms with Crippen molar-refractivity contribution in [1.82, 2.24) is 15.1 Å². The second-order valence-electron chi connectivity index (χ2n) is 7.02. The number of hydrogen-bond donors (Lipinski definition) is 1. The molecule has 0 radical (unpaired) electrons. The lowest BCUT2D eigenvalue weighted by Crippen LogP contribution is -2.45. The lowest BCUT2D eigenvalue weighted by atomic mass is 9.98. The Hall–Kier alpha value is -3.00. The molecule has 3 amide bonds. The molecule has 1 aromatic heterocycles. The lowest BCUT2D eigenvalue weighted by Gasteiger charge is -2.30. The smallest absolute Gasteiger partial charge is 0.322 e. The third-order valence-corrected chi connectivity index (χ3v) is 6.13. The summed E-state index contributed by atoms with van der Waals surface area (Å²) in [5.74, 6) is 1.32. The molecule has 2 aliphatic heterocycles. The highest BCUT2D eigenvalue weighted by Gasteiger charge is 2.42. The first-order valence-electron chi connectivity index (χ1n) is 9.33. The molecule has 0 saturated heterocycles. The molecule has 0 bridgehead atoms. The van der Waals surface area contributed by atoms with Crippen LogP contribution in [0.25, 0.3) is 0 Å². The normalized spacial score (nSPS) is 18.8. The van der Waals surface area contributed by atoms with Crippen LogP contribution in [0.4, 0.5) is 4.79 Å². The van der Waals surface area contributed by atoms with E-state index in [1.54, 1.807) is 42.4 Å². The molecular weight excluding hydrogens is 390 g/mol. The monoisotopic (exact) mass is 413 g/mol. The number of rotatable bonds is 6. The summed E-state index contributed by atoms with van der Waals surface area (Å²) >= 11 is 1.55. The second-order valence-corrected chi connectivity index (χ2v) is 7.80. The van der Waals surface area contributed by atoms with Crippen LogP contribution in [-0.2, 0) is 11.2 Å². The van der Waals surface area contributed by atoms with Crippen molar-refractivity contribution >= 4 is 23.3 Å². The van der Waals surface area contributed by atoms with Gasteiger partial charge in [0.25, 0.3) is 5.91 Å². The highest BCUT2D eigenvalue weighted by atomic mass is 32.1. The van der Waals surface area contributed by atoms with Crippen LogP contribution in [0.15, 0.2) is 46.3 Å². The van der Waals surface area contributed by atoms with Gasteiger partial charge in [-0.1, -0.05) is 6.07 Å². The fraction of sp³-hybridized carbons (Fsp3) is 0.333. The van der Waals surface area contributed by atoms with Crippen LogP contribution < -0.4 is 14.8 Å². The topological polar surface area (TPSA) is 71.1 Å². The molecule has 1 atom stereocenters. The largest absolute Gasteiger partial charge is 0.493 e. The average Bonchev–Trinajstić information content (AvgIpc) is 3.38. The van der Waals surface area contributed by atoms with Gasteiger partial charge in [-0.15, -0.1) is 0 Å². The Labute approximate surface area is 173 Å². The van der Waals surface area contributed by atoms with E-state index in [1.807, 2.05) is 35.0 Å². The van der Waals surface area contributed by atoms with Gasteiger partial charge in [0.1, 0.15) is 0 Å². The molecule has 2 aromatic rings. The summed E-state index contributed by atoms with van der Waals surface area (Å²) in [7, 11) is 4.92. The zero-order valence-electron chi connectivity index (χ0n) is 16.6. The van der Waals surface area contributed by atoms with Crippen molar-refractivity contribution in [3.63, 3.8) is 0 Å². The van der Waals surface area contributed by atoms with Crippen LogP contribution in [-0.4, -0.2) is 56.1 Å². The molecule has 0 spiro atoms. The Kier molecular flexibility index (Phi) is 5.19. The lowest BCUT2D eigenvalue weighted by molar-refractivity contribution is -0.125. The van der Waals surface area contributed by atoms with E-state index in [0.717, 1.165) is 16.8 Å². The minimum absolute atomic E-state index is 0.0245. The van der Waals surface area contributed by atoms with Gasteiger partial charge in [0.15, 0.2) is 11.5 Å². The summed E-state index contributed by atoms with van der Waals surface area (Å²) in [6, 6.07) is 7.14. The maximum absolute atomic E-state index is 13.2. The number of likely N-dealkylation sites (N-methyl/N-ethyl adjacent to an activating group) is 1. The first kappa shape index (κ1) is 19.3. The summed E-state index contributed by atoms with van der Waals surface area (Å²) in [5, 5.41) is 6.88. The molecule has 29 heavy (non-hydrogen) atoms. The Morgan fingerprint density at radius 2 is 1.97 bits per heavy atom. The molecule has 2 aliphatic rings. The van der Waals surface area contributed by atoms with Gasteiger partial charge in [-0.05, 0) is 46.5 Å². The van der Waals surface area contributed by atoms with Gasteiger partial charge >= 0.3 is 6.03 Å². The van der Waals surface area contributed by atoms with E-state index in [0.29, 0.717) is 36.6 Å². The van der Waals surface area contributed by atoms with Crippen LogP contribution in [0.1, 0.15) is 17.2 Å². The van der Waals surface area contributed by atoms with E-state index in [2.05, 4.69) is 5.32 Å². The summed E-state index contributed by atoms with van der Waals surface area (Å²) in [6.45, 7) is 0.992. The zero-order chi connectivity index (χ0) is 20.5. The van der Waals surface area contributed by atoms with Gasteiger partial charge in [0.2, 0.25) is 0 Å². The molecule has 0 saturated carbocycles. The maximum Gasteiger partial charge on any atom is 0.322 e. The Morgan fingerprint density at radius 1 is 1.17 bits per heavy atom. The fourth-order valence-corrected chi connectivity index (χ4v) is 4.48. The molecule has 7 nitrogen and oxygen atoms in total. The number of amides is 3. The van der Waals surface area contributed by atoms with Crippen molar-refractivity contribution < 1.29 is 19.1 Å². The number of nitrogens with zero attached hydrogens (tertiary/aromatic N) is 2. The predicted octanol–water partition coefficient (Wildman–Crippen LogP) is 2.80. The standard InChI is InChI=1S/C21H23N3O4S/c1-23-15-11-24(8-6-13-4-5-16(27-2)17(10-13)28-3)20(25)18(15)19(22-21(23)26)14-7-9-29-12-14/h4-5,7,9-10,12,19H,6,8,11H2,1-3H3,(H,22,26). The maximum atomic E-state index is 13.2. The van der Waals surface area contributed by atoms with E-state index in [1.165, 1.54) is 0 Å². The number of nitrogens with one attached hydrogen (secondary N) is 1. The quantitative estimate of drug-likeness (QED) is 0.791. The van der Waals surface area contributed by atoms with Gasteiger partial charge in [-0.2, -0.15) is 11.3 Å². The van der Waals surface area contributed by atoms with Crippen molar-refractivity contribution in [3.05, 3.63) is 57.4 Å². The van der Waals surface area contributed by atoms with Gasteiger partial charge < -0.3 is 19.7 Å². The third-order valence-electron chi connectivity index (χ3n) is 5.43. The van der Waals surface area contributed by atoms with Crippen molar-refractivity contribution in [2.24, 2.45) is 0 Å². The van der Waals surface area contributed by atoms with Crippen molar-refractivity contribution in [2.75, 3.05) is 34.4 Å². The van der Waals surface area contributed by atoms with Gasteiger partial charge in [0, 0.05) is 13.6 Å². The number of methoxy groups -OCH3 is 2. The number of carbonyl (C=O) groups excluding carboxylic acids is 2. The van der Waals surface area contributed by atoms with Crippen molar-refractivity contribution in [3.8, 4) is 11.5 Å². The van der Waals surface area contributed by atoms with E-state index < -0.39 is 6.04 Å². The average molecular weight is 413 g/mol. The summed E-state index contributed by atoms with van der Waals surface area (Å²) < 4.78 is 10.6. The molecular formula is C21H23N3O4S. The van der Waals surface area contributed by atoms with Crippen molar-refractivity contribution in [1.29, 1.82) is 0 Å². The molecule has 0 fully saturated rings. The van der Waals surface area contributed by atoms with Crippen LogP contribution in [0, 0.1) is 0 Å². The van der Waals surface area contributed by atoms with Crippen LogP contribution >= 0.6 is 11.3 Å². The highest BCUT2D eigenvalue weighted by molar-refractivity contribution is 7.08. The second kappa shape index (κ2) is 7.79. The number of benzene rings is 1. The number of thiophene rings is 1. The fourth-order valence-electron chi connectivity index (χ4n) is 3.79. The molecule has 3 heterocycles. The van der Waals surface area contributed by atoms with E-state index in [-0.39, 0.29) is 11.9 Å². The third kappa shape index (κ3) is 3.44. The molecule has 1 unspecified atom stereocenters. The molecule has 8 heteroatoms. The SMILES string of the molecule is COc1ccc(CCN2CC3=C(C2=O)C(c2ccsc2)NC(=O)N3C)cc1OC. The van der Waals surface area contributed by atoms with Crippen LogP contribution in [0.3, 0.4) is 0 Å². The minimum atomic E-state index is -0.390. The number of ether oxygens (including phenoxy) is 2. The molecule has 1 aromatic carbocycles. The molecule has 0 aliphatic carbocycles. The summed E-state index contributed by atoms with van der Waals surface area (Å²) in [5.41, 5.74) is 3.44. The van der Waals surface area contributed by atoms with Gasteiger partial charge in [-0.25, -0.2) is 4.79 Å². The first-order chi connectivity index (χ1) is 14.0. The van der Waals surface area contributed by atoms with Crippen LogP contribution in [0.5, 0.6) is 11.5 Å². The van der Waals surface area contributed by atoms with E-state index in [4.69, 9.17) is 9.47 Å². The number of carbonyl (C=O) groups is 2. The summed E-state index contributed by atoms with van der Waals surface area (Å²) in [6.07, 6.45) is 0.681. The first-order valence-corrected chi connectivity index (χ1v) is 10.3. The molecule has 152 valence electrons. The van der Waals surface area contributed by atoms with Crippen molar-refractivity contribution in [2.45, 2.75) is 12.5 Å². The summed E-state index contributed by atoms with van der Waals surface area (Å²) in [4.78, 5) is 28.9. The number of hydrogen-bond acceptors (Lipinski definition) is 5. The Bertz CT molecular complexity index is 970. The van der Waals surface area contributed by atoms with E-state index in [9.17, 15) is 9.59 Å². The van der Waals surface area contributed by atoms with Gasteiger partial charge in [0.05, 0.1) is 38.1 Å². The Balaban J connectivity index is 1.52.